The zero-order chi connectivity index (χ0) is 17.0. The van der Waals surface area contributed by atoms with Crippen LogP contribution in [0.25, 0.3) is 0 Å². The maximum absolute atomic E-state index is 12.9. The van der Waals surface area contributed by atoms with Crippen molar-refractivity contribution < 1.29 is 14.4 Å². The first-order valence-electron chi connectivity index (χ1n) is 8.08. The van der Waals surface area contributed by atoms with E-state index in [0.717, 1.165) is 16.7 Å². The van der Waals surface area contributed by atoms with Crippen LogP contribution in [0.3, 0.4) is 0 Å². The Morgan fingerprint density at radius 1 is 1.13 bits per heavy atom. The SMILES string of the molecule is CON1CCCC(=O)C(c2cc(C)ccc2C)C(=O)N(C)CC1. The monoisotopic (exact) mass is 318 g/mol. The smallest absolute Gasteiger partial charge is 0.237 e. The van der Waals surface area contributed by atoms with Crippen LogP contribution in [0.2, 0.25) is 0 Å². The molecule has 5 heteroatoms. The van der Waals surface area contributed by atoms with Gasteiger partial charge in [0, 0.05) is 33.1 Å². The second kappa shape index (κ2) is 7.70. The molecule has 1 atom stereocenters. The number of amides is 1. The van der Waals surface area contributed by atoms with Crippen LogP contribution < -0.4 is 0 Å². The second-order valence-corrected chi connectivity index (χ2v) is 6.23. The predicted octanol–water partition coefficient (Wildman–Crippen LogP) is 2.07. The zero-order valence-corrected chi connectivity index (χ0v) is 14.5. The highest BCUT2D eigenvalue weighted by Crippen LogP contribution is 2.26. The normalized spacial score (nSPS) is 21.6. The summed E-state index contributed by atoms with van der Waals surface area (Å²) in [6.07, 6.45) is 1.09. The number of aryl methyl sites for hydroxylation is 2. The van der Waals surface area contributed by atoms with E-state index in [0.29, 0.717) is 32.5 Å². The summed E-state index contributed by atoms with van der Waals surface area (Å²) in [5.74, 6) is -0.816. The molecule has 1 heterocycles. The minimum Gasteiger partial charge on any atom is -0.343 e. The summed E-state index contributed by atoms with van der Waals surface area (Å²) in [5, 5.41) is 1.80. The number of carbonyl (C=O) groups excluding carboxylic acids is 2. The lowest BCUT2D eigenvalue weighted by Gasteiger charge is -2.29. The summed E-state index contributed by atoms with van der Waals surface area (Å²) in [6, 6.07) is 5.96. The Balaban J connectivity index is 2.34. The van der Waals surface area contributed by atoms with Gasteiger partial charge in [-0.2, -0.15) is 5.06 Å². The van der Waals surface area contributed by atoms with Gasteiger partial charge in [-0.1, -0.05) is 23.8 Å². The topological polar surface area (TPSA) is 49.9 Å². The lowest BCUT2D eigenvalue weighted by molar-refractivity contribution is -0.148. The molecule has 1 aliphatic heterocycles. The lowest BCUT2D eigenvalue weighted by atomic mass is 9.87. The number of likely N-dealkylation sites (N-methyl/N-ethyl adjacent to an activating group) is 1. The third-order valence-electron chi connectivity index (χ3n) is 4.46. The molecular formula is C18H26N2O3. The van der Waals surface area contributed by atoms with Gasteiger partial charge in [0.15, 0.2) is 0 Å². The van der Waals surface area contributed by atoms with Gasteiger partial charge in [-0.15, -0.1) is 0 Å². The van der Waals surface area contributed by atoms with Crippen molar-refractivity contribution in [1.82, 2.24) is 9.96 Å². The van der Waals surface area contributed by atoms with Crippen molar-refractivity contribution >= 4 is 11.7 Å². The van der Waals surface area contributed by atoms with E-state index in [-0.39, 0.29) is 11.7 Å². The van der Waals surface area contributed by atoms with Gasteiger partial charge >= 0.3 is 0 Å². The summed E-state index contributed by atoms with van der Waals surface area (Å²) < 4.78 is 0. The number of rotatable bonds is 2. The maximum atomic E-state index is 12.9. The van der Waals surface area contributed by atoms with Crippen molar-refractivity contribution in [2.24, 2.45) is 0 Å². The van der Waals surface area contributed by atoms with Gasteiger partial charge in [0.25, 0.3) is 0 Å². The van der Waals surface area contributed by atoms with Gasteiger partial charge in [0.05, 0.1) is 7.11 Å². The Hall–Kier alpha value is -1.72. The minimum atomic E-state index is -0.686. The number of ketones is 1. The molecule has 126 valence electrons. The van der Waals surface area contributed by atoms with E-state index in [2.05, 4.69) is 0 Å². The van der Waals surface area contributed by atoms with Crippen LogP contribution in [-0.4, -0.2) is 55.4 Å². The van der Waals surface area contributed by atoms with Crippen LogP contribution >= 0.6 is 0 Å². The van der Waals surface area contributed by atoms with Gasteiger partial charge in [-0.05, 0) is 31.4 Å². The molecule has 1 aliphatic rings. The molecule has 0 radical (unpaired) electrons. The van der Waals surface area contributed by atoms with Gasteiger partial charge < -0.3 is 9.74 Å². The zero-order valence-electron chi connectivity index (χ0n) is 14.5. The Bertz CT molecular complexity index is 586. The van der Waals surface area contributed by atoms with E-state index in [1.54, 1.807) is 24.1 Å². The molecule has 1 aromatic carbocycles. The molecule has 23 heavy (non-hydrogen) atoms. The predicted molar refractivity (Wildman–Crippen MR) is 89.1 cm³/mol. The average Bonchev–Trinajstić information content (AvgIpc) is 2.53. The van der Waals surface area contributed by atoms with E-state index in [1.807, 2.05) is 32.0 Å². The van der Waals surface area contributed by atoms with Crippen LogP contribution in [0.4, 0.5) is 0 Å². The molecule has 5 nitrogen and oxygen atoms in total. The quantitative estimate of drug-likeness (QED) is 0.783. The largest absolute Gasteiger partial charge is 0.343 e. The molecule has 0 bridgehead atoms. The average molecular weight is 318 g/mol. The third kappa shape index (κ3) is 4.18. The van der Waals surface area contributed by atoms with E-state index in [1.165, 1.54) is 0 Å². The van der Waals surface area contributed by atoms with Gasteiger partial charge in [-0.3, -0.25) is 9.59 Å². The highest BCUT2D eigenvalue weighted by molar-refractivity contribution is 6.06. The molecule has 1 fully saturated rings. The molecule has 2 rings (SSSR count). The van der Waals surface area contributed by atoms with Crippen LogP contribution in [0.1, 0.15) is 35.4 Å². The van der Waals surface area contributed by atoms with E-state index in [9.17, 15) is 9.59 Å². The number of hydrogen-bond acceptors (Lipinski definition) is 4. The summed E-state index contributed by atoms with van der Waals surface area (Å²) in [5.41, 5.74) is 2.90. The Kier molecular flexibility index (Phi) is 5.91. The number of hydroxylamine groups is 2. The molecule has 0 aliphatic carbocycles. The molecular weight excluding hydrogens is 292 g/mol. The molecule has 1 amide bonds. The van der Waals surface area contributed by atoms with Crippen molar-refractivity contribution in [2.75, 3.05) is 33.8 Å². The lowest BCUT2D eigenvalue weighted by Crippen LogP contribution is -2.42. The fourth-order valence-corrected chi connectivity index (χ4v) is 2.98. The molecule has 1 unspecified atom stereocenters. The summed E-state index contributed by atoms with van der Waals surface area (Å²) in [4.78, 5) is 32.5. The molecule has 0 spiro atoms. The Morgan fingerprint density at radius 2 is 1.87 bits per heavy atom. The number of benzene rings is 1. The number of carbonyl (C=O) groups is 2. The van der Waals surface area contributed by atoms with E-state index < -0.39 is 5.92 Å². The van der Waals surface area contributed by atoms with Gasteiger partial charge in [0.2, 0.25) is 5.91 Å². The number of Topliss-reactive ketones (excluding diaryl/α,β-unsaturated/α-hetero) is 1. The standard InChI is InChI=1S/C18H26N2O3/c1-13-7-8-14(2)15(12-13)17-16(21)6-5-9-20(23-4)11-10-19(3)18(17)22/h7-8,12,17H,5-6,9-11H2,1-4H3. The van der Waals surface area contributed by atoms with Gasteiger partial charge in [0.1, 0.15) is 11.7 Å². The second-order valence-electron chi connectivity index (χ2n) is 6.23. The van der Waals surface area contributed by atoms with Crippen molar-refractivity contribution in [2.45, 2.75) is 32.6 Å². The van der Waals surface area contributed by atoms with Gasteiger partial charge in [-0.25, -0.2) is 0 Å². The summed E-state index contributed by atoms with van der Waals surface area (Å²) in [6.45, 7) is 5.83. The van der Waals surface area contributed by atoms with Crippen molar-refractivity contribution in [3.05, 3.63) is 34.9 Å². The highest BCUT2D eigenvalue weighted by atomic mass is 16.7. The number of hydrogen-bond donors (Lipinski definition) is 0. The first kappa shape index (κ1) is 17.6. The van der Waals surface area contributed by atoms with E-state index >= 15 is 0 Å². The fourth-order valence-electron chi connectivity index (χ4n) is 2.98. The van der Waals surface area contributed by atoms with E-state index in [4.69, 9.17) is 4.84 Å². The first-order chi connectivity index (χ1) is 10.9. The molecule has 0 saturated carbocycles. The van der Waals surface area contributed by atoms with Crippen molar-refractivity contribution in [1.29, 1.82) is 0 Å². The Labute approximate surface area is 138 Å². The highest BCUT2D eigenvalue weighted by Gasteiger charge is 2.32. The first-order valence-corrected chi connectivity index (χ1v) is 8.08. The molecule has 1 saturated heterocycles. The minimum absolute atomic E-state index is 0.00602. The third-order valence-corrected chi connectivity index (χ3v) is 4.46. The number of nitrogens with zero attached hydrogens (tertiary/aromatic N) is 2. The van der Waals surface area contributed by atoms with Crippen LogP contribution in [0.15, 0.2) is 18.2 Å². The molecule has 1 aromatic rings. The maximum Gasteiger partial charge on any atom is 0.237 e. The van der Waals surface area contributed by atoms with Crippen LogP contribution in [0, 0.1) is 13.8 Å². The van der Waals surface area contributed by atoms with Crippen molar-refractivity contribution in [3.8, 4) is 0 Å². The summed E-state index contributed by atoms with van der Waals surface area (Å²) in [7, 11) is 3.37. The van der Waals surface area contributed by atoms with Crippen LogP contribution in [0.5, 0.6) is 0 Å². The molecule has 0 N–H and O–H groups in total. The summed E-state index contributed by atoms with van der Waals surface area (Å²) >= 11 is 0. The Morgan fingerprint density at radius 3 is 2.57 bits per heavy atom. The fraction of sp³-hybridized carbons (Fsp3) is 0.556. The van der Waals surface area contributed by atoms with Crippen LogP contribution in [-0.2, 0) is 14.4 Å². The van der Waals surface area contributed by atoms with Crippen molar-refractivity contribution in [3.63, 3.8) is 0 Å². The molecule has 0 aromatic heterocycles.